The van der Waals surface area contributed by atoms with Crippen molar-refractivity contribution in [3.05, 3.63) is 53.3 Å². The fraction of sp³-hybridized carbons (Fsp3) is 0.440. The lowest BCUT2D eigenvalue weighted by molar-refractivity contribution is -0.134. The monoisotopic (exact) mass is 603 g/mol. The van der Waals surface area contributed by atoms with Gasteiger partial charge in [0.15, 0.2) is 9.84 Å². The van der Waals surface area contributed by atoms with E-state index in [0.717, 1.165) is 16.5 Å². The van der Waals surface area contributed by atoms with Gasteiger partial charge in [-0.25, -0.2) is 8.42 Å². The molecule has 0 saturated carbocycles. The molecule has 9 nitrogen and oxygen atoms in total. The molecule has 2 amide bonds. The Morgan fingerprint density at radius 1 is 1.08 bits per heavy atom. The van der Waals surface area contributed by atoms with Gasteiger partial charge in [0.05, 0.1) is 24.7 Å². The van der Waals surface area contributed by atoms with E-state index in [-0.39, 0.29) is 54.0 Å². The number of piperidine rings is 1. The third-order valence-corrected chi connectivity index (χ3v) is 9.59. The number of hydrogen-bond acceptors (Lipinski definition) is 7. The Kier molecular flexibility index (Phi) is 9.47. The van der Waals surface area contributed by atoms with Crippen molar-refractivity contribution in [3.63, 3.8) is 0 Å². The van der Waals surface area contributed by atoms with Gasteiger partial charge in [0.1, 0.15) is 11.1 Å². The van der Waals surface area contributed by atoms with Crippen LogP contribution >= 0.6 is 36.4 Å². The summed E-state index contributed by atoms with van der Waals surface area (Å²) in [5.41, 5.74) is 0.731. The van der Waals surface area contributed by atoms with Gasteiger partial charge in [-0.05, 0) is 54.9 Å². The number of amides is 2. The van der Waals surface area contributed by atoms with E-state index in [9.17, 15) is 18.0 Å². The minimum atomic E-state index is -3.79. The molecule has 0 spiro atoms. The van der Waals surface area contributed by atoms with Gasteiger partial charge >= 0.3 is 0 Å². The van der Waals surface area contributed by atoms with Gasteiger partial charge in [-0.1, -0.05) is 23.7 Å². The minimum Gasteiger partial charge on any atom is -0.361 e. The lowest BCUT2D eigenvalue weighted by Crippen LogP contribution is -2.49. The largest absolute Gasteiger partial charge is 0.361 e. The molecular formula is C25H32Cl3N5O4S. The Balaban J connectivity index is 0.00000200. The molecule has 1 atom stereocenters. The first-order chi connectivity index (χ1) is 17.2. The Morgan fingerprint density at radius 2 is 1.74 bits per heavy atom. The number of hydrogen-bond donors (Lipinski definition) is 1. The topological polar surface area (TPSA) is 93.3 Å². The van der Waals surface area contributed by atoms with E-state index in [1.807, 2.05) is 23.0 Å². The molecule has 0 radical (unpaired) electrons. The van der Waals surface area contributed by atoms with Gasteiger partial charge in [0, 0.05) is 37.4 Å². The molecule has 208 valence electrons. The number of rotatable bonds is 6. The standard InChI is InChI=1S/C25H30ClN5O4S.2ClH/c1-27-23(36(34,35)21-6-4-17-11-19(26)5-3-18(17)12-21)13-24(32)29-9-7-20(8-10-29)31-16-30-15-28(2)14-22(30)25(31)33;;/h3-6,11-12,14,20,23,27H,7-10,13,15-16H2,1-2H3;2*1H. The summed E-state index contributed by atoms with van der Waals surface area (Å²) in [5, 5.41) is 3.99. The predicted octanol–water partition coefficient (Wildman–Crippen LogP) is 2.88. The van der Waals surface area contributed by atoms with Crippen LogP contribution < -0.4 is 5.32 Å². The average molecular weight is 605 g/mol. The van der Waals surface area contributed by atoms with Gasteiger partial charge in [-0.15, -0.1) is 24.8 Å². The summed E-state index contributed by atoms with van der Waals surface area (Å²) in [7, 11) is -0.290. The Labute approximate surface area is 240 Å². The maximum atomic E-state index is 13.4. The first-order valence-corrected chi connectivity index (χ1v) is 14.0. The molecular weight excluding hydrogens is 573 g/mol. The SMILES string of the molecule is CNC(CC(=O)N1CCC(N2CN3CN(C)C=C3C2=O)CC1)S(=O)(=O)c1ccc2cc(Cl)ccc2c1.Cl.Cl. The van der Waals surface area contributed by atoms with E-state index in [2.05, 4.69) is 10.2 Å². The summed E-state index contributed by atoms with van der Waals surface area (Å²) in [6, 6.07) is 10.3. The zero-order valence-corrected chi connectivity index (χ0v) is 24.4. The van der Waals surface area contributed by atoms with E-state index < -0.39 is 15.2 Å². The highest BCUT2D eigenvalue weighted by Gasteiger charge is 2.41. The molecule has 2 aromatic carbocycles. The lowest BCUT2D eigenvalue weighted by Gasteiger charge is -2.37. The van der Waals surface area contributed by atoms with Gasteiger partial charge in [-0.3, -0.25) is 9.59 Å². The average Bonchev–Trinajstić information content (AvgIpc) is 3.38. The second kappa shape index (κ2) is 11.9. The lowest BCUT2D eigenvalue weighted by atomic mass is 10.0. The molecule has 2 saturated heterocycles. The van der Waals surface area contributed by atoms with Crippen LogP contribution in [-0.4, -0.2) is 91.8 Å². The Hall–Kier alpha value is -2.24. The quantitative estimate of drug-likeness (QED) is 0.542. The highest BCUT2D eigenvalue weighted by atomic mass is 35.5. The second-order valence-corrected chi connectivity index (χ2v) is 12.2. The van der Waals surface area contributed by atoms with Gasteiger partial charge in [0.2, 0.25) is 5.91 Å². The van der Waals surface area contributed by atoms with Crippen LogP contribution in [0.3, 0.4) is 0 Å². The number of halogens is 3. The van der Waals surface area contributed by atoms with Crippen LogP contribution in [-0.2, 0) is 19.4 Å². The molecule has 1 unspecified atom stereocenters. The van der Waals surface area contributed by atoms with Crippen molar-refractivity contribution < 1.29 is 18.0 Å². The van der Waals surface area contributed by atoms with Gasteiger partial charge < -0.3 is 24.9 Å². The van der Waals surface area contributed by atoms with Gasteiger partial charge in [0.25, 0.3) is 5.91 Å². The molecule has 0 bridgehead atoms. The van der Waals surface area contributed by atoms with Crippen molar-refractivity contribution in [1.82, 2.24) is 24.9 Å². The van der Waals surface area contributed by atoms with Crippen LogP contribution in [0, 0.1) is 0 Å². The minimum absolute atomic E-state index is 0. The van der Waals surface area contributed by atoms with E-state index in [4.69, 9.17) is 11.6 Å². The number of nitrogens with zero attached hydrogens (tertiary/aromatic N) is 4. The van der Waals surface area contributed by atoms with Crippen molar-refractivity contribution in [3.8, 4) is 0 Å². The smallest absolute Gasteiger partial charge is 0.273 e. The van der Waals surface area contributed by atoms with E-state index >= 15 is 0 Å². The number of sulfone groups is 1. The maximum Gasteiger partial charge on any atom is 0.273 e. The number of carbonyl (C=O) groups excluding carboxylic acids is 2. The van der Waals surface area contributed by atoms with E-state index in [1.165, 1.54) is 0 Å². The number of benzene rings is 2. The highest BCUT2D eigenvalue weighted by Crippen LogP contribution is 2.30. The molecule has 38 heavy (non-hydrogen) atoms. The van der Waals surface area contributed by atoms with Gasteiger partial charge in [-0.2, -0.15) is 0 Å². The summed E-state index contributed by atoms with van der Waals surface area (Å²) in [6.07, 6.45) is 3.08. The van der Waals surface area contributed by atoms with Crippen molar-refractivity contribution in [2.24, 2.45) is 0 Å². The van der Waals surface area contributed by atoms with E-state index in [0.29, 0.717) is 44.3 Å². The number of carbonyl (C=O) groups is 2. The van der Waals surface area contributed by atoms with Crippen molar-refractivity contribution in [2.75, 3.05) is 40.5 Å². The molecule has 13 heteroatoms. The summed E-state index contributed by atoms with van der Waals surface area (Å²) in [5.74, 6) is -0.162. The van der Waals surface area contributed by atoms with Crippen LogP contribution in [0.4, 0.5) is 0 Å². The molecule has 3 aliphatic rings. The molecule has 2 fully saturated rings. The fourth-order valence-electron chi connectivity index (χ4n) is 5.28. The predicted molar refractivity (Wildman–Crippen MR) is 152 cm³/mol. The third-order valence-electron chi connectivity index (χ3n) is 7.30. The maximum absolute atomic E-state index is 13.4. The summed E-state index contributed by atoms with van der Waals surface area (Å²) in [6.45, 7) is 2.28. The highest BCUT2D eigenvalue weighted by molar-refractivity contribution is 7.92. The zero-order valence-electron chi connectivity index (χ0n) is 21.2. The molecule has 2 aromatic rings. The van der Waals surface area contributed by atoms with Crippen LogP contribution in [0.5, 0.6) is 0 Å². The first kappa shape index (κ1) is 30.3. The summed E-state index contributed by atoms with van der Waals surface area (Å²) < 4.78 is 26.7. The normalized spacial score (nSPS) is 18.7. The molecule has 0 aliphatic carbocycles. The van der Waals surface area contributed by atoms with Crippen molar-refractivity contribution >= 4 is 68.8 Å². The second-order valence-electron chi connectivity index (χ2n) is 9.66. The van der Waals surface area contributed by atoms with Crippen LogP contribution in [0.2, 0.25) is 5.02 Å². The fourth-order valence-corrected chi connectivity index (χ4v) is 7.01. The molecule has 5 rings (SSSR count). The zero-order chi connectivity index (χ0) is 25.6. The summed E-state index contributed by atoms with van der Waals surface area (Å²) >= 11 is 6.04. The first-order valence-electron chi connectivity index (χ1n) is 12.0. The van der Waals surface area contributed by atoms with Crippen LogP contribution in [0.15, 0.2) is 53.2 Å². The number of likely N-dealkylation sites (tertiary alicyclic amines) is 1. The van der Waals surface area contributed by atoms with Crippen molar-refractivity contribution in [2.45, 2.75) is 35.6 Å². The number of fused-ring (bicyclic) bond motifs is 2. The van der Waals surface area contributed by atoms with Crippen molar-refractivity contribution in [1.29, 1.82) is 0 Å². The summed E-state index contributed by atoms with van der Waals surface area (Å²) in [4.78, 5) is 33.7. The number of nitrogens with one attached hydrogen (secondary N) is 1. The Morgan fingerprint density at radius 3 is 2.39 bits per heavy atom. The molecule has 0 aromatic heterocycles. The van der Waals surface area contributed by atoms with Crippen LogP contribution in [0.1, 0.15) is 19.3 Å². The Bertz CT molecular complexity index is 1350. The third kappa shape index (κ3) is 5.70. The molecule has 3 heterocycles. The molecule has 3 aliphatic heterocycles. The molecule has 1 N–H and O–H groups in total. The van der Waals surface area contributed by atoms with E-state index in [1.54, 1.807) is 48.3 Å². The van der Waals surface area contributed by atoms with Crippen LogP contribution in [0.25, 0.3) is 10.8 Å².